The number of nitrogens with zero attached hydrogens (tertiary/aromatic N) is 6. The minimum atomic E-state index is -3.69. The van der Waals surface area contributed by atoms with Gasteiger partial charge in [0.1, 0.15) is 6.33 Å². The van der Waals surface area contributed by atoms with Crippen LogP contribution in [0.25, 0.3) is 5.69 Å². The maximum absolute atomic E-state index is 13.3. The number of piperazine rings is 1. The molecule has 1 atom stereocenters. The minimum Gasteiger partial charge on any atom is -0.313 e. The monoisotopic (exact) mass is 407 g/mol. The Morgan fingerprint density at radius 2 is 2.07 bits per heavy atom. The molecule has 1 saturated heterocycles. The molecule has 142 valence electrons. The Labute approximate surface area is 162 Å². The second kappa shape index (κ2) is 8.09. The third kappa shape index (κ3) is 3.83. The fourth-order valence-electron chi connectivity index (χ4n) is 3.03. The summed E-state index contributed by atoms with van der Waals surface area (Å²) in [4.78, 5) is 4.33. The van der Waals surface area contributed by atoms with Crippen molar-refractivity contribution < 1.29 is 8.42 Å². The quantitative estimate of drug-likeness (QED) is 0.682. The molecule has 1 unspecified atom stereocenters. The van der Waals surface area contributed by atoms with Crippen molar-refractivity contribution in [2.45, 2.75) is 10.9 Å². The topological polar surface area (TPSA) is 106 Å². The summed E-state index contributed by atoms with van der Waals surface area (Å²) in [6.07, 6.45) is 4.81. The van der Waals surface area contributed by atoms with E-state index in [1.807, 2.05) is 12.1 Å². The SMILES string of the molecule is Cl.O=S(=O)(c1cccc(-n2cnnn2)c1)N1CCNCC1c1cccnc1. The molecule has 1 fully saturated rings. The van der Waals surface area contributed by atoms with Crippen molar-refractivity contribution in [3.63, 3.8) is 0 Å². The highest BCUT2D eigenvalue weighted by atomic mass is 35.5. The lowest BCUT2D eigenvalue weighted by Crippen LogP contribution is -2.48. The summed E-state index contributed by atoms with van der Waals surface area (Å²) in [5, 5.41) is 14.2. The van der Waals surface area contributed by atoms with E-state index in [1.54, 1.807) is 36.7 Å². The first kappa shape index (κ1) is 19.4. The molecule has 0 saturated carbocycles. The van der Waals surface area contributed by atoms with Gasteiger partial charge in [-0.05, 0) is 40.3 Å². The number of rotatable bonds is 4. The van der Waals surface area contributed by atoms with Crippen LogP contribution in [0, 0.1) is 0 Å². The number of aromatic nitrogens is 5. The van der Waals surface area contributed by atoms with Gasteiger partial charge in [-0.2, -0.15) is 4.31 Å². The second-order valence-electron chi connectivity index (χ2n) is 5.87. The Bertz CT molecular complexity index is 983. The zero-order chi connectivity index (χ0) is 18.0. The molecule has 9 nitrogen and oxygen atoms in total. The molecule has 1 aromatic carbocycles. The maximum Gasteiger partial charge on any atom is 0.243 e. The molecule has 0 spiro atoms. The van der Waals surface area contributed by atoms with Gasteiger partial charge in [0.15, 0.2) is 0 Å². The predicted octanol–water partition coefficient (Wildman–Crippen LogP) is 0.814. The fourth-order valence-corrected chi connectivity index (χ4v) is 4.69. The summed E-state index contributed by atoms with van der Waals surface area (Å²) in [5.74, 6) is 0. The van der Waals surface area contributed by atoms with Crippen molar-refractivity contribution >= 4 is 22.4 Å². The van der Waals surface area contributed by atoms with Crippen LogP contribution >= 0.6 is 12.4 Å². The number of pyridine rings is 1. The van der Waals surface area contributed by atoms with Crippen LogP contribution in [-0.2, 0) is 10.0 Å². The van der Waals surface area contributed by atoms with Gasteiger partial charge in [-0.3, -0.25) is 4.98 Å². The van der Waals surface area contributed by atoms with Crippen molar-refractivity contribution in [1.29, 1.82) is 0 Å². The molecule has 3 heterocycles. The van der Waals surface area contributed by atoms with Gasteiger partial charge in [-0.15, -0.1) is 17.5 Å². The third-order valence-corrected chi connectivity index (χ3v) is 6.21. The van der Waals surface area contributed by atoms with E-state index in [2.05, 4.69) is 25.8 Å². The molecule has 3 aromatic rings. The van der Waals surface area contributed by atoms with E-state index in [0.29, 0.717) is 25.3 Å². The summed E-state index contributed by atoms with van der Waals surface area (Å²) in [6.45, 7) is 1.53. The predicted molar refractivity (Wildman–Crippen MR) is 100 cm³/mol. The number of benzene rings is 1. The number of halogens is 1. The van der Waals surface area contributed by atoms with E-state index in [4.69, 9.17) is 0 Å². The first-order chi connectivity index (χ1) is 12.7. The van der Waals surface area contributed by atoms with E-state index in [-0.39, 0.29) is 23.3 Å². The summed E-state index contributed by atoms with van der Waals surface area (Å²) >= 11 is 0. The van der Waals surface area contributed by atoms with Crippen molar-refractivity contribution in [2.75, 3.05) is 19.6 Å². The fraction of sp³-hybridized carbons (Fsp3) is 0.250. The highest BCUT2D eigenvalue weighted by molar-refractivity contribution is 7.89. The van der Waals surface area contributed by atoms with Crippen molar-refractivity contribution in [3.8, 4) is 5.69 Å². The van der Waals surface area contributed by atoms with Gasteiger partial charge in [-0.25, -0.2) is 13.1 Å². The standard InChI is InChI=1S/C16H17N7O2S.ClH/c24-26(25,15-5-1-4-14(9-15)22-12-19-20-21-22)23-8-7-18-11-16(23)13-3-2-6-17-10-13;/h1-6,9-10,12,16,18H,7-8,11H2;1H. The molecule has 0 radical (unpaired) electrons. The zero-order valence-corrected chi connectivity index (χ0v) is 15.8. The molecule has 4 rings (SSSR count). The van der Waals surface area contributed by atoms with Gasteiger partial charge in [0.25, 0.3) is 0 Å². The molecule has 1 aliphatic rings. The summed E-state index contributed by atoms with van der Waals surface area (Å²) in [5.41, 5.74) is 1.45. The van der Waals surface area contributed by atoms with Crippen LogP contribution in [0.4, 0.5) is 0 Å². The Balaban J connectivity index is 0.00000210. The van der Waals surface area contributed by atoms with Crippen LogP contribution in [0.1, 0.15) is 11.6 Å². The molecule has 0 bridgehead atoms. The Hall–Kier alpha value is -2.40. The molecular formula is C16H18ClN7O2S. The average Bonchev–Trinajstić information content (AvgIpc) is 3.24. The molecule has 0 aliphatic carbocycles. The zero-order valence-electron chi connectivity index (χ0n) is 14.2. The maximum atomic E-state index is 13.3. The van der Waals surface area contributed by atoms with Crippen molar-refractivity contribution in [3.05, 3.63) is 60.7 Å². The summed E-state index contributed by atoms with van der Waals surface area (Å²) < 4.78 is 29.6. The highest BCUT2D eigenvalue weighted by Crippen LogP contribution is 2.29. The van der Waals surface area contributed by atoms with E-state index >= 15 is 0 Å². The van der Waals surface area contributed by atoms with Crippen LogP contribution in [0.3, 0.4) is 0 Å². The van der Waals surface area contributed by atoms with Crippen LogP contribution in [-0.4, -0.2) is 57.5 Å². The smallest absolute Gasteiger partial charge is 0.243 e. The van der Waals surface area contributed by atoms with E-state index in [1.165, 1.54) is 15.3 Å². The van der Waals surface area contributed by atoms with Crippen LogP contribution < -0.4 is 5.32 Å². The van der Waals surface area contributed by atoms with Gasteiger partial charge in [-0.1, -0.05) is 12.1 Å². The van der Waals surface area contributed by atoms with Crippen molar-refractivity contribution in [2.24, 2.45) is 0 Å². The number of hydrogen-bond donors (Lipinski definition) is 1. The number of tetrazole rings is 1. The number of nitrogens with one attached hydrogen (secondary N) is 1. The lowest BCUT2D eigenvalue weighted by molar-refractivity contribution is 0.271. The largest absolute Gasteiger partial charge is 0.313 e. The van der Waals surface area contributed by atoms with Crippen molar-refractivity contribution in [1.82, 2.24) is 34.8 Å². The van der Waals surface area contributed by atoms with Gasteiger partial charge in [0.05, 0.1) is 16.6 Å². The molecule has 1 aliphatic heterocycles. The number of hydrogen-bond acceptors (Lipinski definition) is 7. The molecular weight excluding hydrogens is 390 g/mol. The second-order valence-corrected chi connectivity index (χ2v) is 7.76. The van der Waals surface area contributed by atoms with Gasteiger partial charge in [0, 0.05) is 32.0 Å². The van der Waals surface area contributed by atoms with Gasteiger partial charge in [0.2, 0.25) is 10.0 Å². The van der Waals surface area contributed by atoms with Crippen LogP contribution in [0.2, 0.25) is 0 Å². The van der Waals surface area contributed by atoms with E-state index < -0.39 is 10.0 Å². The minimum absolute atomic E-state index is 0. The Morgan fingerprint density at radius 3 is 2.81 bits per heavy atom. The highest BCUT2D eigenvalue weighted by Gasteiger charge is 2.34. The molecule has 1 N–H and O–H groups in total. The van der Waals surface area contributed by atoms with Crippen LogP contribution in [0.5, 0.6) is 0 Å². The molecule has 11 heteroatoms. The van der Waals surface area contributed by atoms with Gasteiger partial charge < -0.3 is 5.32 Å². The third-order valence-electron chi connectivity index (χ3n) is 4.30. The first-order valence-corrected chi connectivity index (χ1v) is 9.56. The Kier molecular flexibility index (Phi) is 5.80. The number of sulfonamides is 1. The van der Waals surface area contributed by atoms with E-state index in [0.717, 1.165) is 5.56 Å². The summed E-state index contributed by atoms with van der Waals surface area (Å²) in [7, 11) is -3.69. The lowest BCUT2D eigenvalue weighted by atomic mass is 10.1. The summed E-state index contributed by atoms with van der Waals surface area (Å²) in [6, 6.07) is 10.0. The Morgan fingerprint density at radius 1 is 1.19 bits per heavy atom. The molecule has 0 amide bonds. The van der Waals surface area contributed by atoms with E-state index in [9.17, 15) is 8.42 Å². The van der Waals surface area contributed by atoms with Gasteiger partial charge >= 0.3 is 0 Å². The molecule has 2 aromatic heterocycles. The first-order valence-electron chi connectivity index (χ1n) is 8.12. The lowest BCUT2D eigenvalue weighted by Gasteiger charge is -2.35. The van der Waals surface area contributed by atoms with Crippen LogP contribution in [0.15, 0.2) is 60.0 Å². The normalized spacial score (nSPS) is 18.0. The molecule has 27 heavy (non-hydrogen) atoms. The average molecular weight is 408 g/mol.